The van der Waals surface area contributed by atoms with Crippen molar-refractivity contribution in [3.63, 3.8) is 0 Å². The maximum Gasteiger partial charge on any atom is 0.133 e. The van der Waals surface area contributed by atoms with Gasteiger partial charge in [0.25, 0.3) is 0 Å². The fourth-order valence-corrected chi connectivity index (χ4v) is 4.34. The molecular weight excluding hydrogens is 390 g/mol. The molecule has 0 spiro atoms. The zero-order valence-electron chi connectivity index (χ0n) is 15.1. The number of nitrogens with one attached hydrogen (secondary N) is 1. The number of rotatable bonds is 3. The van der Waals surface area contributed by atoms with Crippen LogP contribution < -0.4 is 4.90 Å². The van der Waals surface area contributed by atoms with E-state index in [-0.39, 0.29) is 0 Å². The van der Waals surface area contributed by atoms with E-state index in [4.69, 9.17) is 16.6 Å². The van der Waals surface area contributed by atoms with Gasteiger partial charge in [-0.2, -0.15) is 5.10 Å². The molecule has 1 aromatic carbocycles. The summed E-state index contributed by atoms with van der Waals surface area (Å²) in [7, 11) is 2.02. The van der Waals surface area contributed by atoms with Crippen LogP contribution in [0.25, 0.3) is 22.2 Å². The van der Waals surface area contributed by atoms with E-state index in [9.17, 15) is 0 Å². The van der Waals surface area contributed by atoms with Gasteiger partial charge in [-0.15, -0.1) is 0 Å². The molecule has 1 aliphatic rings. The van der Waals surface area contributed by atoms with Gasteiger partial charge in [-0.3, -0.25) is 5.10 Å². The summed E-state index contributed by atoms with van der Waals surface area (Å²) >= 11 is 7.63. The van der Waals surface area contributed by atoms with Crippen LogP contribution in [0, 0.1) is 0 Å². The number of halogens is 1. The lowest BCUT2D eigenvalue weighted by Crippen LogP contribution is -2.09. The Hall–Kier alpha value is -2.83. The molecule has 138 valence electrons. The van der Waals surface area contributed by atoms with Crippen molar-refractivity contribution in [3.05, 3.63) is 71.7 Å². The maximum absolute atomic E-state index is 6.00. The number of aromatic amines is 1. The molecule has 0 radical (unpaired) electrons. The van der Waals surface area contributed by atoms with Crippen molar-refractivity contribution in [2.24, 2.45) is 0 Å². The fraction of sp³-hybridized carbons (Fsp3) is 0.0952. The van der Waals surface area contributed by atoms with Gasteiger partial charge in [-0.25, -0.2) is 9.97 Å². The molecule has 5 rings (SSSR count). The van der Waals surface area contributed by atoms with E-state index in [2.05, 4.69) is 45.7 Å². The molecule has 0 unspecified atom stereocenters. The molecule has 1 N–H and O–H groups in total. The van der Waals surface area contributed by atoms with Gasteiger partial charge in [0.1, 0.15) is 10.8 Å². The molecule has 3 aromatic heterocycles. The third-order valence-corrected chi connectivity index (χ3v) is 6.02. The van der Waals surface area contributed by atoms with Crippen LogP contribution in [0.5, 0.6) is 0 Å². The predicted molar refractivity (Wildman–Crippen MR) is 114 cm³/mol. The summed E-state index contributed by atoms with van der Waals surface area (Å²) in [6, 6.07) is 12.2. The Balaban J connectivity index is 1.69. The van der Waals surface area contributed by atoms with Gasteiger partial charge in [-0.1, -0.05) is 35.5 Å². The van der Waals surface area contributed by atoms with Gasteiger partial charge in [0.2, 0.25) is 0 Å². The lowest BCUT2D eigenvalue weighted by Gasteiger charge is -2.17. The van der Waals surface area contributed by atoms with Crippen molar-refractivity contribution >= 4 is 40.1 Å². The number of anilines is 1. The van der Waals surface area contributed by atoms with Gasteiger partial charge >= 0.3 is 0 Å². The van der Waals surface area contributed by atoms with Crippen molar-refractivity contribution in [2.75, 3.05) is 11.9 Å². The number of H-pyrrole nitrogens is 1. The molecule has 7 heteroatoms. The topological polar surface area (TPSA) is 57.7 Å². The van der Waals surface area contributed by atoms with Crippen molar-refractivity contribution in [1.82, 2.24) is 20.2 Å². The first-order valence-electron chi connectivity index (χ1n) is 8.84. The van der Waals surface area contributed by atoms with Crippen LogP contribution in [0.15, 0.2) is 71.0 Å². The number of fused-ring (bicyclic) bond motifs is 3. The Kier molecular flexibility index (Phi) is 4.30. The van der Waals surface area contributed by atoms with Crippen LogP contribution in [0.4, 0.5) is 5.82 Å². The molecule has 0 saturated heterocycles. The van der Waals surface area contributed by atoms with Crippen LogP contribution in [0.2, 0.25) is 5.02 Å². The van der Waals surface area contributed by atoms with Crippen LogP contribution in [-0.4, -0.2) is 27.2 Å². The second-order valence-electron chi connectivity index (χ2n) is 6.61. The molecule has 4 aromatic rings. The van der Waals surface area contributed by atoms with E-state index in [1.54, 1.807) is 18.0 Å². The van der Waals surface area contributed by atoms with Crippen molar-refractivity contribution in [2.45, 2.75) is 16.3 Å². The van der Waals surface area contributed by atoms with Crippen LogP contribution in [0.3, 0.4) is 0 Å². The molecule has 0 amide bonds. The van der Waals surface area contributed by atoms with E-state index in [0.717, 1.165) is 44.3 Å². The highest BCUT2D eigenvalue weighted by atomic mass is 35.5. The second-order valence-corrected chi connectivity index (χ2v) is 8.07. The first kappa shape index (κ1) is 17.3. The second kappa shape index (κ2) is 6.96. The van der Waals surface area contributed by atoms with Gasteiger partial charge in [-0.05, 0) is 42.3 Å². The lowest BCUT2D eigenvalue weighted by molar-refractivity contribution is 1.08. The standard InChI is InChI=1S/C21H16ClN5S/c1-27-8-2-3-14-10-18(27)25-20(13-4-6-17-15(9-13)11-24-26-17)21(14)28-19-7-5-16(22)12-23-19/h2,4-12H,3H2,1H3,(H,24,26). The van der Waals surface area contributed by atoms with Gasteiger partial charge in [0, 0.05) is 35.3 Å². The number of benzene rings is 1. The molecule has 1 aliphatic heterocycles. The average Bonchev–Trinajstić information content (AvgIpc) is 3.12. The van der Waals surface area contributed by atoms with Gasteiger partial charge in [0.05, 0.1) is 22.4 Å². The summed E-state index contributed by atoms with van der Waals surface area (Å²) in [6.45, 7) is 0. The number of hydrogen-bond acceptors (Lipinski definition) is 5. The third-order valence-electron chi connectivity index (χ3n) is 4.69. The van der Waals surface area contributed by atoms with E-state index in [1.165, 1.54) is 5.56 Å². The first-order chi connectivity index (χ1) is 13.7. The largest absolute Gasteiger partial charge is 0.336 e. The van der Waals surface area contributed by atoms with E-state index >= 15 is 0 Å². The van der Waals surface area contributed by atoms with Gasteiger partial charge in [0.15, 0.2) is 0 Å². The molecule has 28 heavy (non-hydrogen) atoms. The summed E-state index contributed by atoms with van der Waals surface area (Å²) in [5, 5.41) is 9.72. The lowest BCUT2D eigenvalue weighted by atomic mass is 10.1. The zero-order valence-corrected chi connectivity index (χ0v) is 16.6. The highest BCUT2D eigenvalue weighted by Crippen LogP contribution is 2.40. The number of aromatic nitrogens is 4. The molecule has 2 bridgehead atoms. The van der Waals surface area contributed by atoms with E-state index in [1.807, 2.05) is 36.3 Å². The Morgan fingerprint density at radius 2 is 2.07 bits per heavy atom. The number of nitrogens with zero attached hydrogens (tertiary/aromatic N) is 4. The highest BCUT2D eigenvalue weighted by Gasteiger charge is 2.19. The quantitative estimate of drug-likeness (QED) is 0.499. The van der Waals surface area contributed by atoms with Crippen molar-refractivity contribution < 1.29 is 0 Å². The minimum atomic E-state index is 0.631. The smallest absolute Gasteiger partial charge is 0.133 e. The van der Waals surface area contributed by atoms with Crippen LogP contribution >= 0.6 is 23.4 Å². The Bertz CT molecular complexity index is 1200. The van der Waals surface area contributed by atoms with Gasteiger partial charge < -0.3 is 4.90 Å². The van der Waals surface area contributed by atoms with Crippen LogP contribution in [-0.2, 0) is 6.42 Å². The number of pyridine rings is 2. The summed E-state index contributed by atoms with van der Waals surface area (Å²) in [5.41, 5.74) is 4.25. The predicted octanol–water partition coefficient (Wildman–Crippen LogP) is 5.33. The molecular formula is C21H16ClN5S. The summed E-state index contributed by atoms with van der Waals surface area (Å²) in [5.74, 6) is 0.930. The van der Waals surface area contributed by atoms with Crippen molar-refractivity contribution in [3.8, 4) is 11.3 Å². The Morgan fingerprint density at radius 3 is 2.93 bits per heavy atom. The fourth-order valence-electron chi connectivity index (χ4n) is 3.24. The normalized spacial score (nSPS) is 13.1. The SMILES string of the molecule is CN1C=CCc2cc1nc(-c1ccc3[nH]ncc3c1)c2Sc1ccc(Cl)cn1. The molecule has 0 atom stereocenters. The molecule has 0 saturated carbocycles. The minimum Gasteiger partial charge on any atom is -0.336 e. The monoisotopic (exact) mass is 405 g/mol. The van der Waals surface area contributed by atoms with Crippen molar-refractivity contribution in [1.29, 1.82) is 0 Å². The number of allylic oxidation sites excluding steroid dienone is 1. The highest BCUT2D eigenvalue weighted by molar-refractivity contribution is 7.99. The maximum atomic E-state index is 6.00. The first-order valence-corrected chi connectivity index (χ1v) is 10.0. The number of hydrogen-bond donors (Lipinski definition) is 1. The minimum absolute atomic E-state index is 0.631. The third kappa shape index (κ3) is 3.15. The summed E-state index contributed by atoms with van der Waals surface area (Å²) < 4.78 is 0. The molecule has 0 fully saturated rings. The summed E-state index contributed by atoms with van der Waals surface area (Å²) in [4.78, 5) is 12.6. The zero-order chi connectivity index (χ0) is 19.1. The Labute approximate surface area is 171 Å². The van der Waals surface area contributed by atoms with Crippen LogP contribution in [0.1, 0.15) is 5.56 Å². The Morgan fingerprint density at radius 1 is 1.14 bits per heavy atom. The van der Waals surface area contributed by atoms with E-state index < -0.39 is 0 Å². The molecule has 5 nitrogen and oxygen atoms in total. The summed E-state index contributed by atoms with van der Waals surface area (Å²) in [6.07, 6.45) is 8.58. The average molecular weight is 406 g/mol. The van der Waals surface area contributed by atoms with E-state index in [0.29, 0.717) is 5.02 Å². The molecule has 0 aliphatic carbocycles. The molecule has 4 heterocycles.